The summed E-state index contributed by atoms with van der Waals surface area (Å²) in [5.74, 6) is -0.557. The van der Waals surface area contributed by atoms with E-state index in [0.29, 0.717) is 19.5 Å². The van der Waals surface area contributed by atoms with Gasteiger partial charge in [0.1, 0.15) is 11.9 Å². The Morgan fingerprint density at radius 3 is 2.62 bits per heavy atom. The highest BCUT2D eigenvalue weighted by atomic mass is 32.1. The van der Waals surface area contributed by atoms with Crippen LogP contribution in [0.1, 0.15) is 17.7 Å². The molecule has 0 radical (unpaired) electrons. The zero-order valence-electron chi connectivity index (χ0n) is 12.3. The van der Waals surface area contributed by atoms with Crippen molar-refractivity contribution in [3.63, 3.8) is 0 Å². The topological polar surface area (TPSA) is 45.2 Å². The fourth-order valence-corrected chi connectivity index (χ4v) is 3.23. The summed E-state index contributed by atoms with van der Waals surface area (Å²) in [6.45, 7) is 0.814. The van der Waals surface area contributed by atoms with Gasteiger partial charge >= 0.3 is 6.18 Å². The van der Waals surface area contributed by atoms with E-state index in [9.17, 15) is 22.4 Å². The number of halogens is 4. The van der Waals surface area contributed by atoms with Crippen LogP contribution < -0.4 is 5.32 Å². The number of thiazole rings is 1. The lowest BCUT2D eigenvalue weighted by atomic mass is 10.2. The SMILES string of the molecule is O=C1C(Nc2nc(C(F)(F)F)cs2)CCN1Cc1ccc(F)cc1. The molecule has 1 N–H and O–H groups in total. The molecule has 1 amide bonds. The van der Waals surface area contributed by atoms with Gasteiger partial charge in [0.05, 0.1) is 0 Å². The average Bonchev–Trinajstić information content (AvgIpc) is 3.11. The van der Waals surface area contributed by atoms with Crippen LogP contribution in [0.5, 0.6) is 0 Å². The number of anilines is 1. The molecule has 1 aliphatic heterocycles. The van der Waals surface area contributed by atoms with Crippen molar-refractivity contribution < 1.29 is 22.4 Å². The summed E-state index contributed by atoms with van der Waals surface area (Å²) in [5, 5.41) is 3.75. The summed E-state index contributed by atoms with van der Waals surface area (Å²) in [7, 11) is 0. The van der Waals surface area contributed by atoms with Gasteiger partial charge in [0, 0.05) is 18.5 Å². The van der Waals surface area contributed by atoms with Crippen LogP contribution in [-0.4, -0.2) is 28.4 Å². The van der Waals surface area contributed by atoms with Gasteiger partial charge in [-0.25, -0.2) is 9.37 Å². The number of alkyl halides is 3. The maximum absolute atomic E-state index is 12.9. The van der Waals surface area contributed by atoms with Gasteiger partial charge in [0.2, 0.25) is 5.91 Å². The van der Waals surface area contributed by atoms with Gasteiger partial charge in [-0.1, -0.05) is 12.1 Å². The highest BCUT2D eigenvalue weighted by molar-refractivity contribution is 7.13. The van der Waals surface area contributed by atoms with E-state index < -0.39 is 17.9 Å². The Kier molecular flexibility index (Phi) is 4.44. The molecule has 9 heteroatoms. The predicted molar refractivity (Wildman–Crippen MR) is 81.0 cm³/mol. The third-order valence-corrected chi connectivity index (χ3v) is 4.45. The number of hydrogen-bond acceptors (Lipinski definition) is 4. The summed E-state index contributed by atoms with van der Waals surface area (Å²) in [5.41, 5.74) is -0.178. The van der Waals surface area contributed by atoms with Crippen molar-refractivity contribution in [1.29, 1.82) is 0 Å². The third-order valence-electron chi connectivity index (χ3n) is 3.68. The second-order valence-electron chi connectivity index (χ2n) is 5.41. The molecule has 1 unspecified atom stereocenters. The number of carbonyl (C=O) groups is 1. The van der Waals surface area contributed by atoms with Crippen LogP contribution in [0.25, 0.3) is 0 Å². The molecule has 24 heavy (non-hydrogen) atoms. The van der Waals surface area contributed by atoms with E-state index >= 15 is 0 Å². The first-order chi connectivity index (χ1) is 11.3. The number of carbonyl (C=O) groups excluding carboxylic acids is 1. The summed E-state index contributed by atoms with van der Waals surface area (Å²) >= 11 is 0.817. The number of aromatic nitrogens is 1. The van der Waals surface area contributed by atoms with E-state index in [1.54, 1.807) is 17.0 Å². The molecular formula is C15H13F4N3OS. The number of amides is 1. The smallest absolute Gasteiger partial charge is 0.350 e. The number of rotatable bonds is 4. The van der Waals surface area contributed by atoms with Crippen molar-refractivity contribution in [2.45, 2.75) is 25.2 Å². The van der Waals surface area contributed by atoms with Crippen molar-refractivity contribution >= 4 is 22.4 Å². The number of likely N-dealkylation sites (tertiary alicyclic amines) is 1. The van der Waals surface area contributed by atoms with Crippen LogP contribution >= 0.6 is 11.3 Å². The van der Waals surface area contributed by atoms with Crippen LogP contribution in [0.15, 0.2) is 29.6 Å². The van der Waals surface area contributed by atoms with Gasteiger partial charge in [-0.3, -0.25) is 4.79 Å². The largest absolute Gasteiger partial charge is 0.434 e. The Hall–Kier alpha value is -2.16. The van der Waals surface area contributed by atoms with Gasteiger partial charge in [-0.05, 0) is 24.1 Å². The summed E-state index contributed by atoms with van der Waals surface area (Å²) < 4.78 is 50.5. The average molecular weight is 359 g/mol. The number of benzene rings is 1. The molecule has 1 saturated heterocycles. The van der Waals surface area contributed by atoms with Crippen molar-refractivity contribution in [3.05, 3.63) is 46.7 Å². The number of hydrogen-bond donors (Lipinski definition) is 1. The molecule has 2 aromatic rings. The molecule has 128 valence electrons. The molecule has 1 atom stereocenters. The number of nitrogens with zero attached hydrogens (tertiary/aromatic N) is 2. The minimum atomic E-state index is -4.50. The van der Waals surface area contributed by atoms with Gasteiger partial charge in [-0.15, -0.1) is 11.3 Å². The lowest BCUT2D eigenvalue weighted by Crippen LogP contribution is -2.33. The zero-order chi connectivity index (χ0) is 17.3. The molecule has 0 aliphatic carbocycles. The van der Waals surface area contributed by atoms with Gasteiger partial charge in [0.15, 0.2) is 10.8 Å². The predicted octanol–water partition coefficient (Wildman–Crippen LogP) is 3.51. The first-order valence-corrected chi connectivity index (χ1v) is 8.03. The standard InChI is InChI=1S/C15H13F4N3OS/c16-10-3-1-9(2-4-10)7-22-6-5-11(13(22)23)20-14-21-12(8-24-14)15(17,18)19/h1-4,8,11H,5-7H2,(H,20,21). The zero-order valence-corrected chi connectivity index (χ0v) is 13.1. The first kappa shape index (κ1) is 16.7. The summed E-state index contributed by atoms with van der Waals surface area (Å²) in [6.07, 6.45) is -4.02. The van der Waals surface area contributed by atoms with Crippen LogP contribution in [0.2, 0.25) is 0 Å². The monoisotopic (exact) mass is 359 g/mol. The fraction of sp³-hybridized carbons (Fsp3) is 0.333. The Labute approximate surface area is 139 Å². The highest BCUT2D eigenvalue weighted by Crippen LogP contribution is 2.32. The maximum atomic E-state index is 12.9. The lowest BCUT2D eigenvalue weighted by Gasteiger charge is -2.17. The molecule has 0 spiro atoms. The molecular weight excluding hydrogens is 346 g/mol. The molecule has 4 nitrogen and oxygen atoms in total. The molecule has 0 saturated carbocycles. The molecule has 1 aromatic heterocycles. The minimum Gasteiger partial charge on any atom is -0.350 e. The van der Waals surface area contributed by atoms with Crippen molar-refractivity contribution in [3.8, 4) is 0 Å². The Balaban J connectivity index is 1.61. The quantitative estimate of drug-likeness (QED) is 0.850. The van der Waals surface area contributed by atoms with E-state index in [-0.39, 0.29) is 16.9 Å². The molecule has 1 aliphatic rings. The fourth-order valence-electron chi connectivity index (χ4n) is 2.46. The van der Waals surface area contributed by atoms with Crippen LogP contribution in [0.3, 0.4) is 0 Å². The van der Waals surface area contributed by atoms with Gasteiger partial charge < -0.3 is 10.2 Å². The van der Waals surface area contributed by atoms with Gasteiger partial charge in [-0.2, -0.15) is 13.2 Å². The van der Waals surface area contributed by atoms with Crippen LogP contribution in [-0.2, 0) is 17.5 Å². The van der Waals surface area contributed by atoms with E-state index in [4.69, 9.17) is 0 Å². The Morgan fingerprint density at radius 2 is 2.00 bits per heavy atom. The Morgan fingerprint density at radius 1 is 1.29 bits per heavy atom. The highest BCUT2D eigenvalue weighted by Gasteiger charge is 2.35. The lowest BCUT2D eigenvalue weighted by molar-refractivity contribution is -0.140. The first-order valence-electron chi connectivity index (χ1n) is 7.15. The van der Waals surface area contributed by atoms with Crippen molar-refractivity contribution in [2.75, 3.05) is 11.9 Å². The van der Waals surface area contributed by atoms with Crippen molar-refractivity contribution in [2.24, 2.45) is 0 Å². The third kappa shape index (κ3) is 3.66. The second kappa shape index (κ2) is 6.39. The minimum absolute atomic E-state index is 0.0734. The van der Waals surface area contributed by atoms with Crippen LogP contribution in [0, 0.1) is 5.82 Å². The van der Waals surface area contributed by atoms with Gasteiger partial charge in [0.25, 0.3) is 0 Å². The van der Waals surface area contributed by atoms with E-state index in [1.807, 2.05) is 0 Å². The number of nitrogens with one attached hydrogen (secondary N) is 1. The second-order valence-corrected chi connectivity index (χ2v) is 6.27. The summed E-state index contributed by atoms with van der Waals surface area (Å²) in [6, 6.07) is 5.23. The molecule has 1 fully saturated rings. The van der Waals surface area contributed by atoms with Crippen LogP contribution in [0.4, 0.5) is 22.7 Å². The summed E-state index contributed by atoms with van der Waals surface area (Å²) in [4.78, 5) is 17.4. The molecule has 3 rings (SSSR count). The molecule has 0 bridgehead atoms. The van der Waals surface area contributed by atoms with Crippen molar-refractivity contribution in [1.82, 2.24) is 9.88 Å². The van der Waals surface area contributed by atoms with E-state index in [0.717, 1.165) is 22.3 Å². The normalized spacial score (nSPS) is 18.2. The molecule has 1 aromatic carbocycles. The van der Waals surface area contributed by atoms with E-state index in [1.165, 1.54) is 12.1 Å². The molecule has 2 heterocycles. The van der Waals surface area contributed by atoms with E-state index in [2.05, 4.69) is 10.3 Å². The Bertz CT molecular complexity index is 729. The maximum Gasteiger partial charge on any atom is 0.434 e.